The smallest absolute Gasteiger partial charge is 0.283 e. The number of hydrogen-bond donors (Lipinski definition) is 1. The number of aliphatic imine (C=N–C) groups is 1. The Balaban J connectivity index is 1.31. The first-order valence-electron chi connectivity index (χ1n) is 10.9. The van der Waals surface area contributed by atoms with Crippen LogP contribution in [0.2, 0.25) is 5.02 Å². The number of fused-ring (bicyclic) bond motifs is 1. The maximum Gasteiger partial charge on any atom is 0.283 e. The Labute approximate surface area is 195 Å². The molecule has 1 saturated carbocycles. The summed E-state index contributed by atoms with van der Waals surface area (Å²) in [5.41, 5.74) is 1.01. The number of carbonyl (C=O) groups excluding carboxylic acids is 1. The van der Waals surface area contributed by atoms with E-state index in [2.05, 4.69) is 10.1 Å². The summed E-state index contributed by atoms with van der Waals surface area (Å²) in [4.78, 5) is 16.8. The van der Waals surface area contributed by atoms with Crippen LogP contribution in [-0.2, 0) is 4.79 Å². The summed E-state index contributed by atoms with van der Waals surface area (Å²) in [5, 5.41) is 16.6. The molecular formula is C24H23ClN4O2S. The predicted octanol–water partition coefficient (Wildman–Crippen LogP) is 6.58. The highest BCUT2D eigenvalue weighted by Crippen LogP contribution is 2.33. The summed E-state index contributed by atoms with van der Waals surface area (Å²) in [6.45, 7) is 0. The molecule has 8 heteroatoms. The van der Waals surface area contributed by atoms with Gasteiger partial charge in [0.1, 0.15) is 16.6 Å². The molecule has 1 aromatic carbocycles. The number of hydrogen-bond acceptors (Lipinski definition) is 5. The summed E-state index contributed by atoms with van der Waals surface area (Å²) < 4.78 is 5.87. The SMILES string of the molecule is N=C1/C(=C/c2ccc(-c3cccc(Cl)c3)o2)C(=O)N=C2SC(CCC3CCCCC3)=NN12. The van der Waals surface area contributed by atoms with Crippen molar-refractivity contribution in [2.45, 2.75) is 44.9 Å². The summed E-state index contributed by atoms with van der Waals surface area (Å²) in [6, 6.07) is 10.9. The van der Waals surface area contributed by atoms with Crippen molar-refractivity contribution in [2.24, 2.45) is 16.0 Å². The van der Waals surface area contributed by atoms with Crippen molar-refractivity contribution in [3.63, 3.8) is 0 Å². The molecular weight excluding hydrogens is 444 g/mol. The van der Waals surface area contributed by atoms with Crippen LogP contribution in [0.4, 0.5) is 0 Å². The number of nitrogens with zero attached hydrogens (tertiary/aromatic N) is 3. The second-order valence-corrected chi connectivity index (χ2v) is 9.75. The molecule has 0 unspecified atom stereocenters. The lowest BCUT2D eigenvalue weighted by atomic mass is 9.86. The second kappa shape index (κ2) is 9.08. The number of carbonyl (C=O) groups is 1. The van der Waals surface area contributed by atoms with Crippen LogP contribution in [0.1, 0.15) is 50.7 Å². The Morgan fingerprint density at radius 1 is 1.22 bits per heavy atom. The normalized spacial score (nSPS) is 20.5. The minimum Gasteiger partial charge on any atom is -0.457 e. The molecule has 3 heterocycles. The van der Waals surface area contributed by atoms with Gasteiger partial charge < -0.3 is 4.42 Å². The lowest BCUT2D eigenvalue weighted by Gasteiger charge is -2.20. The van der Waals surface area contributed by atoms with E-state index < -0.39 is 5.91 Å². The Morgan fingerprint density at radius 2 is 2.06 bits per heavy atom. The van der Waals surface area contributed by atoms with Gasteiger partial charge in [-0.25, -0.2) is 0 Å². The molecule has 0 bridgehead atoms. The zero-order chi connectivity index (χ0) is 22.1. The van der Waals surface area contributed by atoms with Crippen molar-refractivity contribution < 1.29 is 9.21 Å². The van der Waals surface area contributed by atoms with E-state index in [-0.39, 0.29) is 11.4 Å². The number of amides is 1. The van der Waals surface area contributed by atoms with Gasteiger partial charge in [-0.05, 0) is 60.9 Å². The first-order valence-corrected chi connectivity index (χ1v) is 12.1. The van der Waals surface area contributed by atoms with Crippen molar-refractivity contribution in [1.82, 2.24) is 5.01 Å². The van der Waals surface area contributed by atoms with Gasteiger partial charge in [-0.1, -0.05) is 55.8 Å². The quantitative estimate of drug-likeness (QED) is 0.504. The first kappa shape index (κ1) is 21.2. The molecule has 0 atom stereocenters. The van der Waals surface area contributed by atoms with Gasteiger partial charge >= 0.3 is 0 Å². The zero-order valence-electron chi connectivity index (χ0n) is 17.5. The predicted molar refractivity (Wildman–Crippen MR) is 130 cm³/mol. The number of furan rings is 1. The van der Waals surface area contributed by atoms with Gasteiger partial charge in [-0.3, -0.25) is 10.2 Å². The van der Waals surface area contributed by atoms with Gasteiger partial charge in [-0.15, -0.1) is 0 Å². The number of thioether (sulfide) groups is 1. The van der Waals surface area contributed by atoms with Crippen molar-refractivity contribution in [1.29, 1.82) is 5.41 Å². The zero-order valence-corrected chi connectivity index (χ0v) is 19.1. The molecule has 5 rings (SSSR count). The van der Waals surface area contributed by atoms with E-state index in [4.69, 9.17) is 21.4 Å². The van der Waals surface area contributed by atoms with Crippen LogP contribution in [0.3, 0.4) is 0 Å². The van der Waals surface area contributed by atoms with Crippen LogP contribution in [0, 0.1) is 11.3 Å². The fraction of sp³-hybridized carbons (Fsp3) is 0.333. The molecule has 6 nitrogen and oxygen atoms in total. The molecule has 1 fully saturated rings. The molecule has 0 spiro atoms. The van der Waals surface area contributed by atoms with E-state index in [1.54, 1.807) is 18.2 Å². The van der Waals surface area contributed by atoms with Crippen molar-refractivity contribution in [2.75, 3.05) is 0 Å². The molecule has 1 amide bonds. The van der Waals surface area contributed by atoms with Crippen molar-refractivity contribution in [3.05, 3.63) is 52.8 Å². The number of hydrazone groups is 1. The molecule has 2 aliphatic heterocycles. The highest BCUT2D eigenvalue weighted by atomic mass is 35.5. The standard InChI is InChI=1S/C24H23ClN4O2S/c25-17-8-4-7-16(13-17)20-11-10-18(31-20)14-19-22(26)29-24(27-23(19)30)32-21(28-29)12-9-15-5-2-1-3-6-15/h4,7-8,10-11,13-15,26H,1-3,5-6,9,12H2/b19-14-,26-22?. The largest absolute Gasteiger partial charge is 0.457 e. The minimum atomic E-state index is -0.446. The number of nitrogens with one attached hydrogen (secondary N) is 1. The van der Waals surface area contributed by atoms with E-state index in [1.165, 1.54) is 48.9 Å². The van der Waals surface area contributed by atoms with Gasteiger partial charge in [0, 0.05) is 10.6 Å². The van der Waals surface area contributed by atoms with Gasteiger partial charge in [0.05, 0.1) is 5.57 Å². The maximum absolute atomic E-state index is 12.6. The van der Waals surface area contributed by atoms with Gasteiger partial charge in [0.2, 0.25) is 5.17 Å². The monoisotopic (exact) mass is 466 g/mol. The van der Waals surface area contributed by atoms with Crippen LogP contribution in [-0.4, -0.2) is 27.0 Å². The number of halogens is 1. The maximum atomic E-state index is 12.6. The second-order valence-electron chi connectivity index (χ2n) is 8.27. The van der Waals surface area contributed by atoms with E-state index >= 15 is 0 Å². The van der Waals surface area contributed by atoms with Crippen LogP contribution in [0.25, 0.3) is 17.4 Å². The third-order valence-corrected chi connectivity index (χ3v) is 7.21. The summed E-state index contributed by atoms with van der Waals surface area (Å²) >= 11 is 7.47. The van der Waals surface area contributed by atoms with Gasteiger partial charge in [0.15, 0.2) is 5.84 Å². The fourth-order valence-electron chi connectivity index (χ4n) is 4.31. The average Bonchev–Trinajstić information content (AvgIpc) is 3.43. The molecule has 164 valence electrons. The Hall–Kier alpha value is -2.64. The van der Waals surface area contributed by atoms with E-state index in [9.17, 15) is 4.79 Å². The van der Waals surface area contributed by atoms with Crippen LogP contribution in [0.5, 0.6) is 0 Å². The van der Waals surface area contributed by atoms with E-state index in [1.807, 2.05) is 24.3 Å². The van der Waals surface area contributed by atoms with Gasteiger partial charge in [0.25, 0.3) is 5.91 Å². The van der Waals surface area contributed by atoms with Crippen molar-refractivity contribution >= 4 is 51.4 Å². The summed E-state index contributed by atoms with van der Waals surface area (Å²) in [7, 11) is 0. The number of amidine groups is 2. The molecule has 1 aromatic heterocycles. The lowest BCUT2D eigenvalue weighted by molar-refractivity contribution is -0.114. The Bertz CT molecular complexity index is 1160. The van der Waals surface area contributed by atoms with E-state index in [0.717, 1.165) is 29.4 Å². The molecule has 1 N–H and O–H groups in total. The molecule has 2 aromatic rings. The van der Waals surface area contributed by atoms with Crippen LogP contribution in [0.15, 0.2) is 56.5 Å². The Kier molecular flexibility index (Phi) is 6.02. The third kappa shape index (κ3) is 4.45. The first-order chi connectivity index (χ1) is 15.6. The number of rotatable bonds is 5. The third-order valence-electron chi connectivity index (χ3n) is 6.01. The molecule has 0 radical (unpaired) electrons. The molecule has 32 heavy (non-hydrogen) atoms. The highest BCUT2D eigenvalue weighted by molar-refractivity contribution is 8.26. The highest BCUT2D eigenvalue weighted by Gasteiger charge is 2.35. The number of benzene rings is 1. The summed E-state index contributed by atoms with van der Waals surface area (Å²) in [5.74, 6) is 1.45. The topological polar surface area (TPSA) is 82.0 Å². The molecule has 1 aliphatic carbocycles. The summed E-state index contributed by atoms with van der Waals surface area (Å²) in [6.07, 6.45) is 10.1. The fourth-order valence-corrected chi connectivity index (χ4v) is 5.40. The lowest BCUT2D eigenvalue weighted by Crippen LogP contribution is -2.35. The van der Waals surface area contributed by atoms with Crippen LogP contribution < -0.4 is 0 Å². The van der Waals surface area contributed by atoms with Crippen molar-refractivity contribution in [3.8, 4) is 11.3 Å². The van der Waals surface area contributed by atoms with Crippen LogP contribution >= 0.6 is 23.4 Å². The Morgan fingerprint density at radius 3 is 2.88 bits per heavy atom. The molecule has 3 aliphatic rings. The minimum absolute atomic E-state index is 0.0286. The average molecular weight is 467 g/mol. The molecule has 0 saturated heterocycles. The van der Waals surface area contributed by atoms with E-state index in [0.29, 0.717) is 21.7 Å². The van der Waals surface area contributed by atoms with Gasteiger partial charge in [-0.2, -0.15) is 15.1 Å².